The highest BCUT2D eigenvalue weighted by Gasteiger charge is 2.47. The van der Waals surface area contributed by atoms with Crippen LogP contribution >= 0.6 is 15.9 Å². The molecule has 4 aliphatic rings. The van der Waals surface area contributed by atoms with Gasteiger partial charge in [0.15, 0.2) is 5.65 Å². The lowest BCUT2D eigenvalue weighted by molar-refractivity contribution is -0.122. The molecule has 7 rings (SSSR count). The average Bonchev–Trinajstić information content (AvgIpc) is 3.61. The molecule has 1 amide bonds. The number of anilines is 1. The van der Waals surface area contributed by atoms with E-state index in [1.54, 1.807) is 6.20 Å². The number of aromatic amines is 1. The van der Waals surface area contributed by atoms with E-state index in [0.717, 1.165) is 78.0 Å². The monoisotopic (exact) mass is 548 g/mol. The molecule has 3 aromatic rings. The number of H-pyrrole nitrogens is 1. The minimum Gasteiger partial charge on any atom is -0.487 e. The summed E-state index contributed by atoms with van der Waals surface area (Å²) < 4.78 is 7.36. The van der Waals surface area contributed by atoms with Gasteiger partial charge in [0, 0.05) is 17.8 Å². The van der Waals surface area contributed by atoms with Crippen molar-refractivity contribution in [2.75, 3.05) is 18.4 Å². The molecule has 1 saturated heterocycles. The number of piperidine rings is 1. The molecule has 186 valence electrons. The van der Waals surface area contributed by atoms with E-state index in [1.807, 2.05) is 0 Å². The minimum atomic E-state index is -0.251. The lowest BCUT2D eigenvalue weighted by atomic mass is 9.83. The zero-order chi connectivity index (χ0) is 24.4. The van der Waals surface area contributed by atoms with E-state index < -0.39 is 0 Å². The molecule has 2 aromatic heterocycles. The summed E-state index contributed by atoms with van der Waals surface area (Å²) in [5.74, 6) is 1.78. The van der Waals surface area contributed by atoms with Crippen molar-refractivity contribution < 1.29 is 9.53 Å². The van der Waals surface area contributed by atoms with Crippen LogP contribution in [0.4, 0.5) is 5.69 Å². The SMILES string of the molecule is NC(=O)[C@@H]1[C@H](Nc2c(Br)cnc3nc(-c4ccc5c(c4)CCC4(CCNCC4)O5)[nH]c23)[C@H]2C=C[C@@H]1C2. The van der Waals surface area contributed by atoms with Crippen molar-refractivity contribution in [3.05, 3.63) is 46.6 Å². The second-order valence-electron chi connectivity index (χ2n) is 10.7. The van der Waals surface area contributed by atoms with Crippen LogP contribution in [-0.2, 0) is 11.2 Å². The molecule has 2 aliphatic carbocycles. The summed E-state index contributed by atoms with van der Waals surface area (Å²) in [6.07, 6.45) is 11.2. The molecule has 0 radical (unpaired) electrons. The number of hydrogen-bond donors (Lipinski definition) is 4. The van der Waals surface area contributed by atoms with Crippen LogP contribution in [0.1, 0.15) is 31.2 Å². The number of hydrogen-bond acceptors (Lipinski definition) is 6. The number of pyridine rings is 1. The first kappa shape index (κ1) is 22.3. The van der Waals surface area contributed by atoms with E-state index in [-0.39, 0.29) is 35.3 Å². The largest absolute Gasteiger partial charge is 0.487 e. The van der Waals surface area contributed by atoms with Crippen LogP contribution in [0.15, 0.2) is 41.0 Å². The molecule has 5 N–H and O–H groups in total. The first-order valence-corrected chi connectivity index (χ1v) is 13.6. The van der Waals surface area contributed by atoms with Crippen LogP contribution in [0.25, 0.3) is 22.6 Å². The van der Waals surface area contributed by atoms with Gasteiger partial charge < -0.3 is 26.1 Å². The van der Waals surface area contributed by atoms with Crippen LogP contribution < -0.4 is 21.1 Å². The number of fused-ring (bicyclic) bond motifs is 4. The first-order valence-electron chi connectivity index (χ1n) is 12.8. The number of carbonyl (C=O) groups excluding carboxylic acids is 1. The maximum Gasteiger partial charge on any atom is 0.223 e. The van der Waals surface area contributed by atoms with Gasteiger partial charge in [-0.05, 0) is 96.7 Å². The normalized spacial score (nSPS) is 27.8. The number of amides is 1. The van der Waals surface area contributed by atoms with Gasteiger partial charge in [-0.2, -0.15) is 0 Å². The predicted molar refractivity (Wildman–Crippen MR) is 142 cm³/mol. The van der Waals surface area contributed by atoms with E-state index in [9.17, 15) is 4.79 Å². The van der Waals surface area contributed by atoms with E-state index >= 15 is 0 Å². The fourth-order valence-corrected chi connectivity index (χ4v) is 7.10. The number of rotatable bonds is 4. The molecule has 1 aromatic carbocycles. The van der Waals surface area contributed by atoms with Gasteiger partial charge in [-0.25, -0.2) is 9.97 Å². The lowest BCUT2D eigenvalue weighted by Crippen LogP contribution is -2.48. The molecule has 4 atom stereocenters. The fourth-order valence-electron chi connectivity index (χ4n) is 6.69. The second-order valence-corrected chi connectivity index (χ2v) is 11.5. The van der Waals surface area contributed by atoms with Crippen molar-refractivity contribution in [1.82, 2.24) is 20.3 Å². The van der Waals surface area contributed by atoms with Gasteiger partial charge in [-0.15, -0.1) is 0 Å². The fraction of sp³-hybridized carbons (Fsp3) is 0.444. The summed E-state index contributed by atoms with van der Waals surface area (Å²) in [7, 11) is 0. The van der Waals surface area contributed by atoms with E-state index in [1.165, 1.54) is 5.56 Å². The van der Waals surface area contributed by atoms with Gasteiger partial charge in [0.2, 0.25) is 5.91 Å². The van der Waals surface area contributed by atoms with Crippen molar-refractivity contribution in [3.63, 3.8) is 0 Å². The molecule has 0 unspecified atom stereocenters. The molecule has 1 spiro atoms. The number of imidazole rings is 1. The molecule has 8 nitrogen and oxygen atoms in total. The van der Waals surface area contributed by atoms with E-state index in [0.29, 0.717) is 5.65 Å². The Morgan fingerprint density at radius 2 is 2.03 bits per heavy atom. The Morgan fingerprint density at radius 3 is 2.86 bits per heavy atom. The number of allylic oxidation sites excluding steroid dienone is 1. The number of nitrogens with one attached hydrogen (secondary N) is 3. The van der Waals surface area contributed by atoms with Crippen molar-refractivity contribution in [2.24, 2.45) is 23.5 Å². The molecule has 9 heteroatoms. The van der Waals surface area contributed by atoms with Crippen molar-refractivity contribution in [3.8, 4) is 17.1 Å². The number of benzene rings is 1. The Kier molecular flexibility index (Phi) is 5.15. The van der Waals surface area contributed by atoms with Crippen LogP contribution in [0.2, 0.25) is 0 Å². The predicted octanol–water partition coefficient (Wildman–Crippen LogP) is 3.92. The molecule has 2 bridgehead atoms. The minimum absolute atomic E-state index is 0.0203. The van der Waals surface area contributed by atoms with E-state index in [4.69, 9.17) is 15.5 Å². The summed E-state index contributed by atoms with van der Waals surface area (Å²) in [5.41, 5.74) is 10.3. The molecule has 2 fully saturated rings. The Balaban J connectivity index is 1.20. The quantitative estimate of drug-likeness (QED) is 0.367. The van der Waals surface area contributed by atoms with Crippen LogP contribution in [0.3, 0.4) is 0 Å². The van der Waals surface area contributed by atoms with E-state index in [2.05, 4.69) is 66.9 Å². The third-order valence-corrected chi connectivity index (χ3v) is 9.20. The highest BCUT2D eigenvalue weighted by molar-refractivity contribution is 9.10. The van der Waals surface area contributed by atoms with Crippen LogP contribution in [0, 0.1) is 17.8 Å². The number of nitrogens with zero attached hydrogens (tertiary/aromatic N) is 2. The number of ether oxygens (including phenoxy) is 1. The number of nitrogens with two attached hydrogens (primary N) is 1. The van der Waals surface area contributed by atoms with Gasteiger partial charge in [0.05, 0.1) is 16.1 Å². The number of halogens is 1. The van der Waals surface area contributed by atoms with Crippen molar-refractivity contribution >= 4 is 38.7 Å². The maximum absolute atomic E-state index is 12.2. The Labute approximate surface area is 217 Å². The molecule has 1 saturated carbocycles. The topological polar surface area (TPSA) is 118 Å². The molecular formula is C27H29BrN6O2. The van der Waals surface area contributed by atoms with Crippen LogP contribution in [0.5, 0.6) is 5.75 Å². The van der Waals surface area contributed by atoms with Gasteiger partial charge in [0.25, 0.3) is 0 Å². The molecule has 36 heavy (non-hydrogen) atoms. The van der Waals surface area contributed by atoms with Gasteiger partial charge >= 0.3 is 0 Å². The zero-order valence-corrected chi connectivity index (χ0v) is 21.5. The van der Waals surface area contributed by atoms with Crippen molar-refractivity contribution in [2.45, 2.75) is 43.7 Å². The smallest absolute Gasteiger partial charge is 0.223 e. The van der Waals surface area contributed by atoms with Gasteiger partial charge in [0.1, 0.15) is 22.7 Å². The molecular weight excluding hydrogens is 520 g/mol. The number of aromatic nitrogens is 3. The van der Waals surface area contributed by atoms with Gasteiger partial charge in [-0.3, -0.25) is 4.79 Å². The molecule has 2 aliphatic heterocycles. The van der Waals surface area contributed by atoms with Gasteiger partial charge in [-0.1, -0.05) is 12.2 Å². The Morgan fingerprint density at radius 1 is 1.19 bits per heavy atom. The second kappa shape index (κ2) is 8.31. The summed E-state index contributed by atoms with van der Waals surface area (Å²) in [6.45, 7) is 2.04. The highest BCUT2D eigenvalue weighted by Crippen LogP contribution is 2.46. The Hall–Kier alpha value is -2.91. The standard InChI is InChI=1S/C27H29BrN6O2/c28-18-13-31-26-23(22(18)32-21-16-2-1-15(12-16)20(21)24(29)35)33-25(34-26)17-3-4-19-14(11-17)5-6-27(36-19)7-9-30-10-8-27/h1-4,11,13,15-16,20-21,30H,5-10,12H2,(H2,29,35)(H2,31,32,33,34)/t15-,16+,20+,21-/m1/s1. The van der Waals surface area contributed by atoms with Crippen LogP contribution in [-0.4, -0.2) is 45.6 Å². The summed E-state index contributed by atoms with van der Waals surface area (Å²) in [6, 6.07) is 6.30. The average molecular weight is 549 g/mol. The summed E-state index contributed by atoms with van der Waals surface area (Å²) >= 11 is 3.66. The first-order chi connectivity index (χ1) is 17.5. The number of carbonyl (C=O) groups is 1. The third-order valence-electron chi connectivity index (χ3n) is 8.60. The third kappa shape index (κ3) is 3.55. The maximum atomic E-state index is 12.2. The van der Waals surface area contributed by atoms with Crippen molar-refractivity contribution in [1.29, 1.82) is 0 Å². The Bertz CT molecular complexity index is 1390. The number of primary amides is 1. The highest BCUT2D eigenvalue weighted by atomic mass is 79.9. The summed E-state index contributed by atoms with van der Waals surface area (Å²) in [5, 5.41) is 7.06. The molecule has 4 heterocycles. The zero-order valence-electron chi connectivity index (χ0n) is 19.9. The summed E-state index contributed by atoms with van der Waals surface area (Å²) in [4.78, 5) is 25.1. The lowest BCUT2D eigenvalue weighted by Gasteiger charge is -2.41. The number of aryl methyl sites for hydroxylation is 1.